The van der Waals surface area contributed by atoms with Gasteiger partial charge in [0, 0.05) is 10.4 Å². The molecular weight excluding hydrogens is 424 g/mol. The van der Waals surface area contributed by atoms with Crippen molar-refractivity contribution in [3.05, 3.63) is 63.7 Å². The average Bonchev–Trinajstić information content (AvgIpc) is 3.42. The lowest BCUT2D eigenvalue weighted by Crippen LogP contribution is -2.16. The number of aromatic nitrogens is 2. The van der Waals surface area contributed by atoms with Crippen molar-refractivity contribution in [2.24, 2.45) is 0 Å². The number of rotatable bonds is 6. The molecule has 0 fully saturated rings. The molecule has 0 atom stereocenters. The van der Waals surface area contributed by atoms with Gasteiger partial charge in [-0.05, 0) is 50.3 Å². The van der Waals surface area contributed by atoms with Gasteiger partial charge in [0.2, 0.25) is 0 Å². The van der Waals surface area contributed by atoms with Gasteiger partial charge in [0.1, 0.15) is 16.6 Å². The second-order valence-electron chi connectivity index (χ2n) is 7.33. The Morgan fingerprint density at radius 2 is 2.06 bits per heavy atom. The minimum absolute atomic E-state index is 0.0885. The third-order valence-electron chi connectivity index (χ3n) is 5.21. The molecule has 32 heavy (non-hydrogen) atoms. The number of nitrogens with zero attached hydrogens (tertiary/aromatic N) is 2. The van der Waals surface area contributed by atoms with Crippen molar-refractivity contribution >= 4 is 34.3 Å². The molecule has 2 N–H and O–H groups in total. The van der Waals surface area contributed by atoms with Crippen LogP contribution in [0.5, 0.6) is 0 Å². The number of ether oxygens (including phenoxy) is 1. The Balaban J connectivity index is 1.59. The van der Waals surface area contributed by atoms with Gasteiger partial charge in [-0.2, -0.15) is 10.4 Å². The average molecular weight is 447 g/mol. The number of H-pyrrole nitrogens is 1. The smallest absolute Gasteiger partial charge is 0.341 e. The molecular formula is C24H22N4O3S. The third-order valence-corrected chi connectivity index (χ3v) is 6.42. The second-order valence-corrected chi connectivity index (χ2v) is 8.44. The number of benzene rings is 1. The Hall–Kier alpha value is -3.70. The summed E-state index contributed by atoms with van der Waals surface area (Å²) in [5, 5.41) is 19.9. The fraction of sp³-hybridized carbons (Fsp3) is 0.250. The van der Waals surface area contributed by atoms with E-state index in [-0.39, 0.29) is 12.2 Å². The molecule has 0 saturated carbocycles. The van der Waals surface area contributed by atoms with Crippen molar-refractivity contribution in [2.45, 2.75) is 32.6 Å². The van der Waals surface area contributed by atoms with Crippen LogP contribution in [-0.4, -0.2) is 28.7 Å². The molecule has 0 aliphatic heterocycles. The van der Waals surface area contributed by atoms with Gasteiger partial charge in [0.25, 0.3) is 5.91 Å². The summed E-state index contributed by atoms with van der Waals surface area (Å²) in [5.41, 5.74) is 3.46. The molecule has 0 bridgehead atoms. The summed E-state index contributed by atoms with van der Waals surface area (Å²) in [4.78, 5) is 26.6. The summed E-state index contributed by atoms with van der Waals surface area (Å²) in [5.74, 6) is -1.02. The number of hydrogen-bond acceptors (Lipinski definition) is 6. The molecule has 0 unspecified atom stereocenters. The van der Waals surface area contributed by atoms with Crippen molar-refractivity contribution < 1.29 is 14.3 Å². The topological polar surface area (TPSA) is 108 Å². The highest BCUT2D eigenvalue weighted by atomic mass is 32.1. The molecule has 0 spiro atoms. The SMILES string of the molecule is CCOC(=O)c1c(NC(=O)/C(C#N)=C/c2cc(-c3ccccc3)n[nH]2)sc2c1CCCC2. The molecule has 1 amide bonds. The van der Waals surface area contributed by atoms with Crippen LogP contribution in [0, 0.1) is 11.3 Å². The van der Waals surface area contributed by atoms with Crippen LogP contribution in [0.25, 0.3) is 17.3 Å². The Morgan fingerprint density at radius 3 is 2.81 bits per heavy atom. The molecule has 162 valence electrons. The van der Waals surface area contributed by atoms with E-state index in [1.807, 2.05) is 36.4 Å². The van der Waals surface area contributed by atoms with Crippen LogP contribution in [0.2, 0.25) is 0 Å². The molecule has 2 aromatic heterocycles. The number of carbonyl (C=O) groups excluding carboxylic acids is 2. The number of nitrogens with one attached hydrogen (secondary N) is 2. The number of amides is 1. The van der Waals surface area contributed by atoms with E-state index in [0.717, 1.165) is 41.7 Å². The predicted molar refractivity (Wildman–Crippen MR) is 123 cm³/mol. The van der Waals surface area contributed by atoms with E-state index in [2.05, 4.69) is 15.5 Å². The Kier molecular flexibility index (Phi) is 6.47. The van der Waals surface area contributed by atoms with Crippen LogP contribution >= 0.6 is 11.3 Å². The maximum atomic E-state index is 12.9. The lowest BCUT2D eigenvalue weighted by molar-refractivity contribution is -0.112. The van der Waals surface area contributed by atoms with Crippen LogP contribution in [0.1, 0.15) is 46.3 Å². The minimum Gasteiger partial charge on any atom is -0.462 e. The van der Waals surface area contributed by atoms with Crippen LogP contribution in [-0.2, 0) is 22.4 Å². The van der Waals surface area contributed by atoms with Gasteiger partial charge in [0.15, 0.2) is 0 Å². The van der Waals surface area contributed by atoms with Crippen molar-refractivity contribution in [1.82, 2.24) is 10.2 Å². The standard InChI is InChI=1S/C24H22N4O3S/c1-2-31-24(30)21-18-10-6-7-11-20(18)32-23(21)26-22(29)16(14-25)12-17-13-19(28-27-17)15-8-4-3-5-9-15/h3-5,8-9,12-13H,2,6-7,10-11H2,1H3,(H,26,29)(H,27,28)/b16-12+. The number of nitriles is 1. The zero-order valence-corrected chi connectivity index (χ0v) is 18.4. The number of fused-ring (bicyclic) bond motifs is 1. The van der Waals surface area contributed by atoms with Crippen LogP contribution in [0.4, 0.5) is 5.00 Å². The van der Waals surface area contributed by atoms with E-state index in [1.165, 1.54) is 17.4 Å². The molecule has 1 aliphatic carbocycles. The number of carbonyl (C=O) groups is 2. The van der Waals surface area contributed by atoms with E-state index < -0.39 is 11.9 Å². The molecule has 0 saturated heterocycles. The highest BCUT2D eigenvalue weighted by Crippen LogP contribution is 2.38. The van der Waals surface area contributed by atoms with Gasteiger partial charge in [-0.3, -0.25) is 9.89 Å². The summed E-state index contributed by atoms with van der Waals surface area (Å²) in [6.45, 7) is 2.00. The third kappa shape index (κ3) is 4.48. The Bertz CT molecular complexity index is 1220. The fourth-order valence-electron chi connectivity index (χ4n) is 3.72. The van der Waals surface area contributed by atoms with E-state index in [0.29, 0.717) is 22.0 Å². The van der Waals surface area contributed by atoms with E-state index >= 15 is 0 Å². The van der Waals surface area contributed by atoms with Crippen molar-refractivity contribution in [3.63, 3.8) is 0 Å². The van der Waals surface area contributed by atoms with Crippen molar-refractivity contribution in [1.29, 1.82) is 5.26 Å². The number of aryl methyl sites for hydroxylation is 1. The van der Waals surface area contributed by atoms with Crippen LogP contribution in [0.15, 0.2) is 42.0 Å². The summed E-state index contributed by atoms with van der Waals surface area (Å²) in [6.07, 6.45) is 5.16. The number of aromatic amines is 1. The van der Waals surface area contributed by atoms with Crippen molar-refractivity contribution in [3.8, 4) is 17.3 Å². The molecule has 0 radical (unpaired) electrons. The molecule has 8 heteroatoms. The molecule has 1 aromatic carbocycles. The molecule has 7 nitrogen and oxygen atoms in total. The zero-order valence-electron chi connectivity index (χ0n) is 17.6. The summed E-state index contributed by atoms with van der Waals surface area (Å²) < 4.78 is 5.23. The monoisotopic (exact) mass is 446 g/mol. The molecule has 3 aromatic rings. The Morgan fingerprint density at radius 1 is 1.28 bits per heavy atom. The number of hydrogen-bond donors (Lipinski definition) is 2. The largest absolute Gasteiger partial charge is 0.462 e. The first kappa shape index (κ1) is 21.5. The highest BCUT2D eigenvalue weighted by molar-refractivity contribution is 7.17. The molecule has 1 aliphatic rings. The van der Waals surface area contributed by atoms with E-state index in [9.17, 15) is 14.9 Å². The van der Waals surface area contributed by atoms with Gasteiger partial charge in [-0.25, -0.2) is 4.79 Å². The lowest BCUT2D eigenvalue weighted by atomic mass is 9.95. The second kappa shape index (κ2) is 9.62. The Labute approximate surface area is 189 Å². The van der Waals surface area contributed by atoms with Gasteiger partial charge in [0.05, 0.1) is 23.6 Å². The molecule has 4 rings (SSSR count). The maximum Gasteiger partial charge on any atom is 0.341 e. The molecule has 2 heterocycles. The first-order valence-corrected chi connectivity index (χ1v) is 11.3. The summed E-state index contributed by atoms with van der Waals surface area (Å²) >= 11 is 1.39. The maximum absolute atomic E-state index is 12.9. The quantitative estimate of drug-likeness (QED) is 0.323. The predicted octanol–water partition coefficient (Wildman–Crippen LogP) is 4.74. The van der Waals surface area contributed by atoms with Crippen molar-refractivity contribution in [2.75, 3.05) is 11.9 Å². The number of esters is 1. The zero-order chi connectivity index (χ0) is 22.5. The summed E-state index contributed by atoms with van der Waals surface area (Å²) in [7, 11) is 0. The first-order valence-electron chi connectivity index (χ1n) is 10.5. The van der Waals surface area contributed by atoms with Gasteiger partial charge in [-0.1, -0.05) is 30.3 Å². The van der Waals surface area contributed by atoms with E-state index in [1.54, 1.807) is 13.0 Å². The lowest BCUT2D eigenvalue weighted by Gasteiger charge is -2.12. The fourth-order valence-corrected chi connectivity index (χ4v) is 4.99. The van der Waals surface area contributed by atoms with Crippen LogP contribution in [0.3, 0.4) is 0 Å². The normalized spacial score (nSPS) is 13.2. The number of anilines is 1. The highest BCUT2D eigenvalue weighted by Gasteiger charge is 2.27. The first-order chi connectivity index (χ1) is 15.6. The van der Waals surface area contributed by atoms with Gasteiger partial charge < -0.3 is 10.1 Å². The van der Waals surface area contributed by atoms with Gasteiger partial charge in [-0.15, -0.1) is 11.3 Å². The van der Waals surface area contributed by atoms with Gasteiger partial charge >= 0.3 is 5.97 Å². The van der Waals surface area contributed by atoms with E-state index in [4.69, 9.17) is 4.74 Å². The van der Waals surface area contributed by atoms with Crippen LogP contribution < -0.4 is 5.32 Å². The minimum atomic E-state index is -0.576. The summed E-state index contributed by atoms with van der Waals surface area (Å²) in [6, 6.07) is 13.3. The number of thiophene rings is 1.